The highest BCUT2D eigenvalue weighted by atomic mass is 32.2. The number of hydrogen-bond donors (Lipinski definition) is 1. The zero-order valence-corrected chi connectivity index (χ0v) is 18.1. The van der Waals surface area contributed by atoms with Crippen LogP contribution in [0, 0.1) is 0 Å². The number of aldehydes is 1. The van der Waals surface area contributed by atoms with Crippen LogP contribution in [0.4, 0.5) is 13.2 Å². The molecule has 2 aliphatic heterocycles. The summed E-state index contributed by atoms with van der Waals surface area (Å²) in [5, 5.41) is 9.83. The van der Waals surface area contributed by atoms with Crippen molar-refractivity contribution in [2.75, 3.05) is 33.4 Å². The van der Waals surface area contributed by atoms with E-state index in [4.69, 9.17) is 4.74 Å². The lowest BCUT2D eigenvalue weighted by Crippen LogP contribution is -2.46. The van der Waals surface area contributed by atoms with E-state index >= 15 is 0 Å². The van der Waals surface area contributed by atoms with Crippen molar-refractivity contribution in [3.05, 3.63) is 65.2 Å². The first-order chi connectivity index (χ1) is 14.7. The van der Waals surface area contributed by atoms with Crippen LogP contribution in [0.5, 0.6) is 0 Å². The minimum absolute atomic E-state index is 0.0517. The predicted molar refractivity (Wildman–Crippen MR) is 114 cm³/mol. The zero-order valence-electron chi connectivity index (χ0n) is 17.3. The van der Waals surface area contributed by atoms with Crippen LogP contribution in [0.3, 0.4) is 0 Å². The molecular formula is C23H26F3NO3S. The fourth-order valence-electron chi connectivity index (χ4n) is 3.62. The number of carbonyl (C=O) groups is 1. The Balaban J connectivity index is 0.000000185. The molecule has 0 aromatic heterocycles. The van der Waals surface area contributed by atoms with E-state index in [0.717, 1.165) is 43.3 Å². The van der Waals surface area contributed by atoms with Gasteiger partial charge in [-0.15, -0.1) is 0 Å². The normalized spacial score (nSPS) is 19.1. The number of carbonyl (C=O) groups excluding carboxylic acids is 1. The molecule has 2 fully saturated rings. The Morgan fingerprint density at radius 2 is 1.65 bits per heavy atom. The number of piperidine rings is 1. The first-order valence-corrected chi connectivity index (χ1v) is 10.9. The lowest BCUT2D eigenvalue weighted by atomic mass is 9.90. The highest BCUT2D eigenvalue weighted by Gasteiger charge is 2.37. The van der Waals surface area contributed by atoms with Crippen molar-refractivity contribution in [2.24, 2.45) is 0 Å². The number of rotatable bonds is 4. The number of benzene rings is 2. The fraction of sp³-hybridized carbons (Fsp3) is 0.435. The van der Waals surface area contributed by atoms with Gasteiger partial charge in [0.1, 0.15) is 11.9 Å². The average molecular weight is 454 g/mol. The van der Waals surface area contributed by atoms with Gasteiger partial charge in [0, 0.05) is 10.5 Å². The highest BCUT2D eigenvalue weighted by molar-refractivity contribution is 8.00. The molecule has 2 saturated heterocycles. The van der Waals surface area contributed by atoms with Crippen LogP contribution in [0.15, 0.2) is 53.4 Å². The van der Waals surface area contributed by atoms with Gasteiger partial charge >= 0.3 is 5.51 Å². The van der Waals surface area contributed by atoms with E-state index in [1.165, 1.54) is 0 Å². The van der Waals surface area contributed by atoms with Gasteiger partial charge < -0.3 is 14.7 Å². The van der Waals surface area contributed by atoms with Gasteiger partial charge in [0.2, 0.25) is 0 Å². The van der Waals surface area contributed by atoms with Gasteiger partial charge in [-0.3, -0.25) is 4.79 Å². The second-order valence-electron chi connectivity index (χ2n) is 7.96. The van der Waals surface area contributed by atoms with Gasteiger partial charge in [-0.25, -0.2) is 0 Å². The molecular weight excluding hydrogens is 427 g/mol. The van der Waals surface area contributed by atoms with Gasteiger partial charge in [-0.2, -0.15) is 13.2 Å². The van der Waals surface area contributed by atoms with Gasteiger partial charge in [-0.05, 0) is 73.9 Å². The molecule has 0 amide bonds. The molecule has 2 aromatic carbocycles. The van der Waals surface area contributed by atoms with Gasteiger partial charge in [0.15, 0.2) is 0 Å². The number of nitrogens with zero attached hydrogens (tertiary/aromatic N) is 1. The lowest BCUT2D eigenvalue weighted by molar-refractivity contribution is -0.184. The number of halogens is 3. The smallest absolute Gasteiger partial charge is 0.380 e. The summed E-state index contributed by atoms with van der Waals surface area (Å²) in [6.45, 7) is 2.80. The molecule has 2 aliphatic rings. The summed E-state index contributed by atoms with van der Waals surface area (Å²) < 4.78 is 41.5. The molecule has 2 heterocycles. The Bertz CT molecular complexity index is 844. The Hall–Kier alpha value is -1.87. The monoisotopic (exact) mass is 453 g/mol. The molecule has 31 heavy (non-hydrogen) atoms. The van der Waals surface area contributed by atoms with E-state index in [9.17, 15) is 23.1 Å². The average Bonchev–Trinajstić information content (AvgIpc) is 2.73. The van der Waals surface area contributed by atoms with Crippen molar-refractivity contribution in [2.45, 2.75) is 34.8 Å². The molecule has 2 aromatic rings. The van der Waals surface area contributed by atoms with Crippen LogP contribution < -0.4 is 0 Å². The number of alkyl halides is 3. The largest absolute Gasteiger partial charge is 0.446 e. The molecule has 0 aliphatic carbocycles. The predicted octanol–water partition coefficient (Wildman–Crippen LogP) is 4.82. The summed E-state index contributed by atoms with van der Waals surface area (Å²) in [4.78, 5) is 12.9. The second-order valence-corrected chi connectivity index (χ2v) is 9.10. The Morgan fingerprint density at radius 1 is 1.06 bits per heavy atom. The number of thioether (sulfide) groups is 1. The maximum absolute atomic E-state index is 12.2. The molecule has 0 radical (unpaired) electrons. The van der Waals surface area contributed by atoms with E-state index in [0.29, 0.717) is 24.7 Å². The minimum atomic E-state index is -4.20. The fourth-order valence-corrected chi connectivity index (χ4v) is 4.16. The quantitative estimate of drug-likeness (QED) is 0.531. The highest BCUT2D eigenvalue weighted by Crippen LogP contribution is 2.37. The molecule has 4 nitrogen and oxygen atoms in total. The number of likely N-dealkylation sites (tertiary alicyclic amines) is 1. The van der Waals surface area contributed by atoms with Crippen LogP contribution in [0.1, 0.15) is 40.2 Å². The summed E-state index contributed by atoms with van der Waals surface area (Å²) >= 11 is -0.0517. The molecule has 0 atom stereocenters. The molecule has 0 saturated carbocycles. The molecule has 8 heteroatoms. The topological polar surface area (TPSA) is 49.8 Å². The number of aliphatic hydroxyl groups is 1. The Kier molecular flexibility index (Phi) is 7.80. The lowest BCUT2D eigenvalue weighted by Gasteiger charge is -2.36. The Morgan fingerprint density at radius 3 is 2.10 bits per heavy atom. The number of hydrogen-bond acceptors (Lipinski definition) is 5. The molecule has 168 valence electrons. The Labute approximate surface area is 184 Å². The van der Waals surface area contributed by atoms with Crippen molar-refractivity contribution in [1.82, 2.24) is 4.90 Å². The molecule has 1 N–H and O–H groups in total. The second kappa shape index (κ2) is 10.2. The number of ether oxygens (including phenoxy) is 1. The van der Waals surface area contributed by atoms with E-state index in [1.54, 1.807) is 36.4 Å². The van der Waals surface area contributed by atoms with Crippen molar-refractivity contribution < 1.29 is 27.8 Å². The standard InChI is InChI=1S/C13H16F3NS.C10H10O3/c1-17-8-6-11(7-9-17)10-2-4-12(5-3-10)18-13(14,15)16;11-5-8-1-3-9(4-2-8)10(12)6-13-7-10/h2-5,11H,6-9H2,1H3;1-5,12H,6-7H2. The van der Waals surface area contributed by atoms with Gasteiger partial charge in [0.05, 0.1) is 13.2 Å². The van der Waals surface area contributed by atoms with Crippen molar-refractivity contribution in [3.8, 4) is 0 Å². The maximum atomic E-state index is 12.2. The van der Waals surface area contributed by atoms with E-state index in [-0.39, 0.29) is 16.7 Å². The third kappa shape index (κ3) is 6.80. The van der Waals surface area contributed by atoms with Crippen molar-refractivity contribution in [3.63, 3.8) is 0 Å². The summed E-state index contributed by atoms with van der Waals surface area (Å²) in [6.07, 6.45) is 2.95. The summed E-state index contributed by atoms with van der Waals surface area (Å²) in [6, 6.07) is 13.7. The van der Waals surface area contributed by atoms with Crippen molar-refractivity contribution >= 4 is 18.0 Å². The molecule has 4 rings (SSSR count). The third-order valence-electron chi connectivity index (χ3n) is 5.57. The van der Waals surface area contributed by atoms with E-state index in [1.807, 2.05) is 12.1 Å². The van der Waals surface area contributed by atoms with Gasteiger partial charge in [0.25, 0.3) is 0 Å². The van der Waals surface area contributed by atoms with Crippen LogP contribution >= 0.6 is 11.8 Å². The maximum Gasteiger partial charge on any atom is 0.446 e. The van der Waals surface area contributed by atoms with Gasteiger partial charge in [-0.1, -0.05) is 36.4 Å². The van der Waals surface area contributed by atoms with Crippen LogP contribution in [0.25, 0.3) is 0 Å². The first kappa shape index (κ1) is 23.8. The third-order valence-corrected chi connectivity index (χ3v) is 6.31. The van der Waals surface area contributed by atoms with Crippen LogP contribution in [-0.4, -0.2) is 55.2 Å². The van der Waals surface area contributed by atoms with Crippen LogP contribution in [0.2, 0.25) is 0 Å². The molecule has 0 unspecified atom stereocenters. The van der Waals surface area contributed by atoms with E-state index in [2.05, 4.69) is 11.9 Å². The molecule has 0 spiro atoms. The SMILES string of the molecule is CN1CCC(c2ccc(SC(F)(F)F)cc2)CC1.O=Cc1ccc(C2(O)COC2)cc1. The first-order valence-electron chi connectivity index (χ1n) is 10.1. The summed E-state index contributed by atoms with van der Waals surface area (Å²) in [5.41, 5.74) is -2.44. The van der Waals surface area contributed by atoms with Crippen LogP contribution in [-0.2, 0) is 10.3 Å². The minimum Gasteiger partial charge on any atom is -0.380 e. The van der Waals surface area contributed by atoms with E-state index < -0.39 is 11.1 Å². The summed E-state index contributed by atoms with van der Waals surface area (Å²) in [7, 11) is 2.10. The molecule has 0 bridgehead atoms. The zero-order chi connectivity index (χ0) is 22.5. The van der Waals surface area contributed by atoms with Crippen molar-refractivity contribution in [1.29, 1.82) is 0 Å². The summed E-state index contributed by atoms with van der Waals surface area (Å²) in [5.74, 6) is 0.492.